The number of benzene rings is 3. The number of hydrogen-bond acceptors (Lipinski definition) is 7. The summed E-state index contributed by atoms with van der Waals surface area (Å²) in [6, 6.07) is 16.3. The van der Waals surface area contributed by atoms with Crippen LogP contribution in [0, 0.1) is 6.92 Å². The van der Waals surface area contributed by atoms with Gasteiger partial charge in [-0.25, -0.2) is 13.8 Å². The number of amides is 1. The summed E-state index contributed by atoms with van der Waals surface area (Å²) in [5.41, 5.74) is 4.35. The van der Waals surface area contributed by atoms with Crippen molar-refractivity contribution in [3.63, 3.8) is 0 Å². The molecule has 3 aromatic rings. The summed E-state index contributed by atoms with van der Waals surface area (Å²) in [5.74, 6) is 1.08. The molecular weight excluding hydrogens is 538 g/mol. The number of methoxy groups -OCH3 is 1. The third-order valence-corrected chi connectivity index (χ3v) is 7.62. The second-order valence-electron chi connectivity index (χ2n) is 7.54. The lowest BCUT2D eigenvalue weighted by molar-refractivity contribution is -0.119. The van der Waals surface area contributed by atoms with Crippen LogP contribution in [0.1, 0.15) is 11.1 Å². The summed E-state index contributed by atoms with van der Waals surface area (Å²) in [6.45, 7) is 1.55. The fourth-order valence-electron chi connectivity index (χ4n) is 3.27. The van der Waals surface area contributed by atoms with Crippen LogP contribution >= 0.6 is 15.9 Å². The number of sulfonamides is 1. The van der Waals surface area contributed by atoms with Crippen LogP contribution in [-0.4, -0.2) is 41.0 Å². The Balaban J connectivity index is 1.54. The van der Waals surface area contributed by atoms with Gasteiger partial charge in [0.05, 0.1) is 23.9 Å². The lowest BCUT2D eigenvalue weighted by Crippen LogP contribution is -2.39. The van der Waals surface area contributed by atoms with E-state index in [0.29, 0.717) is 33.0 Å². The van der Waals surface area contributed by atoms with Crippen LogP contribution < -0.4 is 23.9 Å². The molecule has 1 aliphatic heterocycles. The van der Waals surface area contributed by atoms with E-state index < -0.39 is 22.5 Å². The van der Waals surface area contributed by atoms with Crippen molar-refractivity contribution in [1.82, 2.24) is 5.43 Å². The fourth-order valence-corrected chi connectivity index (χ4v) is 5.12. The summed E-state index contributed by atoms with van der Waals surface area (Å²) >= 11 is 3.42. The molecule has 0 aliphatic carbocycles. The van der Waals surface area contributed by atoms with Crippen LogP contribution in [0.2, 0.25) is 0 Å². The molecular formula is C24H22BrN3O6S. The Morgan fingerprint density at radius 1 is 1.11 bits per heavy atom. The predicted molar refractivity (Wildman–Crippen MR) is 135 cm³/mol. The Morgan fingerprint density at radius 2 is 1.77 bits per heavy atom. The van der Waals surface area contributed by atoms with Gasteiger partial charge in [-0.3, -0.25) is 9.10 Å². The number of fused-ring (bicyclic) bond motifs is 1. The molecule has 0 spiro atoms. The highest BCUT2D eigenvalue weighted by Crippen LogP contribution is 2.36. The van der Waals surface area contributed by atoms with Crippen LogP contribution in [0.3, 0.4) is 0 Å². The molecule has 0 atom stereocenters. The lowest BCUT2D eigenvalue weighted by atomic mass is 10.2. The van der Waals surface area contributed by atoms with Gasteiger partial charge < -0.3 is 14.2 Å². The number of ether oxygens (including phenoxy) is 3. The molecule has 1 N–H and O–H groups in total. The van der Waals surface area contributed by atoms with Crippen molar-refractivity contribution < 1.29 is 27.4 Å². The zero-order valence-corrected chi connectivity index (χ0v) is 21.3. The Kier molecular flexibility index (Phi) is 7.27. The summed E-state index contributed by atoms with van der Waals surface area (Å²) in [5, 5.41) is 3.98. The molecule has 1 heterocycles. The minimum absolute atomic E-state index is 0.0273. The van der Waals surface area contributed by atoms with Gasteiger partial charge in [0.15, 0.2) is 11.5 Å². The average Bonchev–Trinajstić information content (AvgIpc) is 3.30. The Morgan fingerprint density at radius 3 is 2.43 bits per heavy atom. The molecule has 0 fully saturated rings. The van der Waals surface area contributed by atoms with Gasteiger partial charge >= 0.3 is 0 Å². The Bertz CT molecular complexity index is 1360. The number of anilines is 1. The van der Waals surface area contributed by atoms with E-state index in [-0.39, 0.29) is 11.7 Å². The van der Waals surface area contributed by atoms with E-state index in [2.05, 4.69) is 26.5 Å². The molecule has 182 valence electrons. The normalized spacial score (nSPS) is 12.5. The van der Waals surface area contributed by atoms with Gasteiger partial charge in [-0.1, -0.05) is 17.7 Å². The van der Waals surface area contributed by atoms with Crippen LogP contribution in [0.5, 0.6) is 17.2 Å². The van der Waals surface area contributed by atoms with Crippen LogP contribution in [0.15, 0.2) is 75.1 Å². The highest BCUT2D eigenvalue weighted by atomic mass is 79.9. The van der Waals surface area contributed by atoms with Crippen molar-refractivity contribution in [1.29, 1.82) is 0 Å². The van der Waals surface area contributed by atoms with Gasteiger partial charge in [0, 0.05) is 10.0 Å². The third-order valence-electron chi connectivity index (χ3n) is 5.14. The first-order valence-corrected chi connectivity index (χ1v) is 12.7. The first-order valence-electron chi connectivity index (χ1n) is 10.4. The molecule has 0 saturated carbocycles. The molecule has 3 aromatic carbocycles. The van der Waals surface area contributed by atoms with Crippen molar-refractivity contribution in [2.45, 2.75) is 11.8 Å². The maximum atomic E-state index is 13.4. The topological polar surface area (TPSA) is 107 Å². The van der Waals surface area contributed by atoms with Crippen LogP contribution in [-0.2, 0) is 14.8 Å². The molecule has 9 nitrogen and oxygen atoms in total. The molecule has 0 bridgehead atoms. The minimum Gasteiger partial charge on any atom is -0.497 e. The quantitative estimate of drug-likeness (QED) is 0.332. The molecule has 0 unspecified atom stereocenters. The molecule has 0 radical (unpaired) electrons. The number of aryl methyl sites for hydroxylation is 1. The smallest absolute Gasteiger partial charge is 0.264 e. The zero-order chi connectivity index (χ0) is 25.0. The van der Waals surface area contributed by atoms with E-state index in [0.717, 1.165) is 9.87 Å². The highest BCUT2D eigenvalue weighted by Gasteiger charge is 2.27. The summed E-state index contributed by atoms with van der Waals surface area (Å²) < 4.78 is 44.4. The largest absolute Gasteiger partial charge is 0.497 e. The van der Waals surface area contributed by atoms with Gasteiger partial charge in [-0.2, -0.15) is 5.10 Å². The maximum absolute atomic E-state index is 13.4. The van der Waals surface area contributed by atoms with Crippen LogP contribution in [0.4, 0.5) is 5.69 Å². The summed E-state index contributed by atoms with van der Waals surface area (Å²) in [7, 11) is -2.56. The average molecular weight is 560 g/mol. The SMILES string of the molecule is COc1ccc(S(=O)(=O)N(CC(=O)N/N=C\c2cc3c(cc2Br)OCO3)c2ccc(C)cc2)cc1. The number of carbonyl (C=O) groups is 1. The Labute approximate surface area is 211 Å². The molecule has 35 heavy (non-hydrogen) atoms. The van der Waals surface area contributed by atoms with Crippen LogP contribution in [0.25, 0.3) is 0 Å². The predicted octanol–water partition coefficient (Wildman–Crippen LogP) is 3.84. The van der Waals surface area contributed by atoms with Gasteiger partial charge in [0.25, 0.3) is 15.9 Å². The van der Waals surface area contributed by atoms with E-state index in [1.165, 1.54) is 25.5 Å². The van der Waals surface area contributed by atoms with Crippen molar-refractivity contribution in [2.24, 2.45) is 5.10 Å². The molecule has 0 saturated heterocycles. The number of nitrogens with zero attached hydrogens (tertiary/aromatic N) is 2. The first kappa shape index (κ1) is 24.6. The van der Waals surface area contributed by atoms with Gasteiger partial charge in [-0.05, 0) is 71.4 Å². The molecule has 1 amide bonds. The van der Waals surface area contributed by atoms with Crippen molar-refractivity contribution in [3.05, 3.63) is 76.3 Å². The molecule has 11 heteroatoms. The highest BCUT2D eigenvalue weighted by molar-refractivity contribution is 9.10. The molecule has 1 aliphatic rings. The van der Waals surface area contributed by atoms with Gasteiger partial charge in [0.1, 0.15) is 12.3 Å². The van der Waals surface area contributed by atoms with E-state index >= 15 is 0 Å². The van der Waals surface area contributed by atoms with Crippen molar-refractivity contribution >= 4 is 43.8 Å². The Hall–Kier alpha value is -3.57. The van der Waals surface area contributed by atoms with E-state index in [1.807, 2.05) is 6.92 Å². The number of carbonyl (C=O) groups excluding carboxylic acids is 1. The minimum atomic E-state index is -4.05. The maximum Gasteiger partial charge on any atom is 0.264 e. The summed E-state index contributed by atoms with van der Waals surface area (Å²) in [6.07, 6.45) is 1.43. The van der Waals surface area contributed by atoms with Gasteiger partial charge in [0.2, 0.25) is 6.79 Å². The number of nitrogens with one attached hydrogen (secondary N) is 1. The van der Waals surface area contributed by atoms with Crippen molar-refractivity contribution in [3.8, 4) is 17.2 Å². The third kappa shape index (κ3) is 5.57. The standard InChI is InChI=1S/C24H22BrN3O6S/c1-16-3-5-18(6-4-16)28(35(30,31)20-9-7-19(32-2)8-10-20)14-24(29)27-26-13-17-11-22-23(12-21(17)25)34-15-33-22/h3-13H,14-15H2,1-2H3,(H,27,29)/b26-13-. The second-order valence-corrected chi connectivity index (χ2v) is 10.3. The zero-order valence-electron chi connectivity index (χ0n) is 18.9. The van der Waals surface area contributed by atoms with E-state index in [4.69, 9.17) is 14.2 Å². The molecule has 0 aromatic heterocycles. The first-order chi connectivity index (χ1) is 16.8. The van der Waals surface area contributed by atoms with Crippen molar-refractivity contribution in [2.75, 3.05) is 24.8 Å². The van der Waals surface area contributed by atoms with Gasteiger partial charge in [-0.15, -0.1) is 0 Å². The lowest BCUT2D eigenvalue weighted by Gasteiger charge is -2.24. The van der Waals surface area contributed by atoms with E-state index in [9.17, 15) is 13.2 Å². The number of rotatable bonds is 8. The molecule has 4 rings (SSSR count). The van der Waals surface area contributed by atoms with E-state index in [1.54, 1.807) is 48.5 Å². The fraction of sp³-hybridized carbons (Fsp3) is 0.167. The summed E-state index contributed by atoms with van der Waals surface area (Å²) in [4.78, 5) is 12.8. The number of hydrogen-bond donors (Lipinski definition) is 1. The monoisotopic (exact) mass is 559 g/mol. The number of hydrazone groups is 1. The second kappa shape index (κ2) is 10.4. The number of halogens is 1.